The zero-order valence-corrected chi connectivity index (χ0v) is 19.5. The summed E-state index contributed by atoms with van der Waals surface area (Å²) in [6.45, 7) is 0.392. The van der Waals surface area contributed by atoms with Crippen LogP contribution in [0.4, 0.5) is 5.13 Å². The highest BCUT2D eigenvalue weighted by atomic mass is 32.2. The number of hydrogen-bond acceptors (Lipinski definition) is 7. The molecule has 164 valence electrons. The number of ether oxygens (including phenoxy) is 2. The van der Waals surface area contributed by atoms with Gasteiger partial charge in [-0.1, -0.05) is 47.7 Å². The van der Waals surface area contributed by atoms with E-state index in [0.717, 1.165) is 16.0 Å². The van der Waals surface area contributed by atoms with Gasteiger partial charge >= 0.3 is 0 Å². The van der Waals surface area contributed by atoms with Crippen LogP contribution in [-0.2, 0) is 17.1 Å². The molecule has 8 heteroatoms. The lowest BCUT2D eigenvalue weighted by Gasteiger charge is -2.19. The molecule has 0 aliphatic heterocycles. The van der Waals surface area contributed by atoms with Gasteiger partial charge in [0.15, 0.2) is 5.13 Å². The van der Waals surface area contributed by atoms with Crippen molar-refractivity contribution in [2.24, 2.45) is 0 Å². The number of aromatic nitrogens is 2. The van der Waals surface area contributed by atoms with Crippen molar-refractivity contribution in [3.05, 3.63) is 78.1 Å². The molecule has 0 saturated heterocycles. The predicted octanol–water partition coefficient (Wildman–Crippen LogP) is 5.18. The Bertz CT molecular complexity index is 1140. The summed E-state index contributed by atoms with van der Waals surface area (Å²) in [5, 5.41) is 0.608. The summed E-state index contributed by atoms with van der Waals surface area (Å²) in [7, 11) is 3.23. The number of nitrogens with zero attached hydrogens (tertiary/aromatic N) is 3. The highest BCUT2D eigenvalue weighted by molar-refractivity contribution is 7.99. The number of fused-ring (bicyclic) bond motifs is 1. The molecule has 2 heterocycles. The second-order valence-corrected chi connectivity index (χ2v) is 8.93. The lowest BCUT2D eigenvalue weighted by molar-refractivity contribution is -0.116. The van der Waals surface area contributed by atoms with Crippen molar-refractivity contribution in [1.29, 1.82) is 0 Å². The molecule has 0 saturated carbocycles. The lowest BCUT2D eigenvalue weighted by atomic mass is 10.2. The zero-order valence-electron chi connectivity index (χ0n) is 17.9. The number of pyridine rings is 1. The van der Waals surface area contributed by atoms with Gasteiger partial charge in [0.05, 0.1) is 26.5 Å². The number of carbonyl (C=O) groups excluding carboxylic acids is 1. The monoisotopic (exact) mass is 465 g/mol. The molecule has 4 aromatic rings. The Labute approximate surface area is 195 Å². The number of carbonyl (C=O) groups is 1. The molecule has 0 aliphatic carbocycles. The fourth-order valence-corrected chi connectivity index (χ4v) is 5.19. The molecule has 0 N–H and O–H groups in total. The fraction of sp³-hybridized carbons (Fsp3) is 0.208. The number of methoxy groups -OCH3 is 2. The number of anilines is 1. The Morgan fingerprint density at radius 1 is 1.00 bits per heavy atom. The van der Waals surface area contributed by atoms with E-state index in [2.05, 4.69) is 17.1 Å². The van der Waals surface area contributed by atoms with Gasteiger partial charge in [0.25, 0.3) is 0 Å². The van der Waals surface area contributed by atoms with Gasteiger partial charge in [0, 0.05) is 18.1 Å². The summed E-state index contributed by atoms with van der Waals surface area (Å²) in [4.78, 5) is 24.0. The minimum atomic E-state index is -0.00762. The second-order valence-electron chi connectivity index (χ2n) is 6.96. The average Bonchev–Trinajstić information content (AvgIpc) is 3.28. The Morgan fingerprint density at radius 3 is 2.47 bits per heavy atom. The van der Waals surface area contributed by atoms with Gasteiger partial charge in [0.1, 0.15) is 21.7 Å². The van der Waals surface area contributed by atoms with Crippen LogP contribution in [0.1, 0.15) is 11.1 Å². The smallest absolute Gasteiger partial charge is 0.239 e. The number of amides is 1. The van der Waals surface area contributed by atoms with Crippen molar-refractivity contribution in [2.45, 2.75) is 12.3 Å². The van der Waals surface area contributed by atoms with Gasteiger partial charge < -0.3 is 9.47 Å². The van der Waals surface area contributed by atoms with E-state index in [0.29, 0.717) is 34.4 Å². The van der Waals surface area contributed by atoms with Gasteiger partial charge in [-0.3, -0.25) is 14.7 Å². The summed E-state index contributed by atoms with van der Waals surface area (Å²) in [6.07, 6.45) is 3.49. The largest absolute Gasteiger partial charge is 0.495 e. The van der Waals surface area contributed by atoms with Crippen molar-refractivity contribution in [2.75, 3.05) is 24.9 Å². The van der Waals surface area contributed by atoms with Crippen LogP contribution >= 0.6 is 23.1 Å². The average molecular weight is 466 g/mol. The maximum absolute atomic E-state index is 13.3. The molecule has 0 aliphatic rings. The summed E-state index contributed by atoms with van der Waals surface area (Å²) < 4.78 is 11.8. The molecule has 2 aromatic carbocycles. The van der Waals surface area contributed by atoms with Crippen LogP contribution in [0.2, 0.25) is 0 Å². The molecule has 0 radical (unpaired) electrons. The topological polar surface area (TPSA) is 64.6 Å². The van der Waals surface area contributed by atoms with Crippen LogP contribution in [0.25, 0.3) is 10.2 Å². The zero-order chi connectivity index (χ0) is 22.3. The third kappa shape index (κ3) is 5.03. The predicted molar refractivity (Wildman–Crippen MR) is 131 cm³/mol. The third-order valence-electron chi connectivity index (χ3n) is 4.83. The summed E-state index contributed by atoms with van der Waals surface area (Å²) in [5.74, 6) is 2.47. The molecule has 6 nitrogen and oxygen atoms in total. The van der Waals surface area contributed by atoms with Crippen LogP contribution < -0.4 is 14.4 Å². The van der Waals surface area contributed by atoms with E-state index >= 15 is 0 Å². The Balaban J connectivity index is 1.62. The number of benzene rings is 2. The fourth-order valence-electron chi connectivity index (χ4n) is 3.23. The van der Waals surface area contributed by atoms with Crippen molar-refractivity contribution in [3.8, 4) is 11.5 Å². The van der Waals surface area contributed by atoms with Crippen LogP contribution in [-0.4, -0.2) is 35.8 Å². The number of hydrogen-bond donors (Lipinski definition) is 0. The molecule has 0 spiro atoms. The minimum absolute atomic E-state index is 0.00762. The Hall–Kier alpha value is -3.10. The van der Waals surface area contributed by atoms with Crippen molar-refractivity contribution in [1.82, 2.24) is 9.97 Å². The molecular formula is C24H23N3O3S2. The third-order valence-corrected chi connectivity index (χ3v) is 6.91. The first-order valence-electron chi connectivity index (χ1n) is 10.0. The van der Waals surface area contributed by atoms with Crippen LogP contribution in [0, 0.1) is 0 Å². The first-order valence-corrected chi connectivity index (χ1v) is 12.0. The van der Waals surface area contributed by atoms with E-state index in [9.17, 15) is 4.79 Å². The lowest BCUT2D eigenvalue weighted by Crippen LogP contribution is -2.32. The van der Waals surface area contributed by atoms with Gasteiger partial charge in [0.2, 0.25) is 5.91 Å². The quantitative estimate of drug-likeness (QED) is 0.340. The van der Waals surface area contributed by atoms with Crippen LogP contribution in [0.15, 0.2) is 67.0 Å². The molecule has 0 bridgehead atoms. The van der Waals surface area contributed by atoms with Gasteiger partial charge in [-0.15, -0.1) is 11.8 Å². The first kappa shape index (κ1) is 22.1. The van der Waals surface area contributed by atoms with Gasteiger partial charge in [-0.05, 0) is 29.3 Å². The molecule has 0 unspecified atom stereocenters. The van der Waals surface area contributed by atoms with Crippen molar-refractivity contribution < 1.29 is 14.3 Å². The first-order chi connectivity index (χ1) is 15.7. The summed E-state index contributed by atoms with van der Waals surface area (Å²) >= 11 is 3.01. The standard InChI is InChI=1S/C24H23N3O3S2/c1-29-19-10-11-20(30-2)23-22(19)26-24(32-23)27(14-18-9-6-12-25-13-18)21(28)16-31-15-17-7-4-3-5-8-17/h3-13H,14-16H2,1-2H3. The highest BCUT2D eigenvalue weighted by Gasteiger charge is 2.23. The van der Waals surface area contributed by atoms with Crippen molar-refractivity contribution >= 4 is 44.4 Å². The number of rotatable bonds is 9. The van der Waals surface area contributed by atoms with E-state index in [1.807, 2.05) is 42.5 Å². The van der Waals surface area contributed by atoms with E-state index in [1.54, 1.807) is 43.3 Å². The van der Waals surface area contributed by atoms with E-state index < -0.39 is 0 Å². The highest BCUT2D eigenvalue weighted by Crippen LogP contribution is 2.40. The van der Waals surface area contributed by atoms with Crippen LogP contribution in [0.5, 0.6) is 11.5 Å². The molecule has 2 aromatic heterocycles. The summed E-state index contributed by atoms with van der Waals surface area (Å²) in [5.41, 5.74) is 2.82. The molecule has 0 fully saturated rings. The SMILES string of the molecule is COc1ccc(OC)c2sc(N(Cc3cccnc3)C(=O)CSCc3ccccc3)nc12. The van der Waals surface area contributed by atoms with Crippen molar-refractivity contribution in [3.63, 3.8) is 0 Å². The molecule has 4 rings (SSSR count). The van der Waals surface area contributed by atoms with Crippen LogP contribution in [0.3, 0.4) is 0 Å². The Kier molecular flexibility index (Phi) is 7.24. The summed E-state index contributed by atoms with van der Waals surface area (Å²) in [6, 6.07) is 17.6. The Morgan fingerprint density at radius 2 is 1.75 bits per heavy atom. The van der Waals surface area contributed by atoms with E-state index in [-0.39, 0.29) is 5.91 Å². The van der Waals surface area contributed by atoms with E-state index in [1.165, 1.54) is 16.9 Å². The maximum atomic E-state index is 13.3. The second kappa shape index (κ2) is 10.5. The van der Waals surface area contributed by atoms with Gasteiger partial charge in [-0.2, -0.15) is 0 Å². The van der Waals surface area contributed by atoms with E-state index in [4.69, 9.17) is 14.5 Å². The minimum Gasteiger partial charge on any atom is -0.495 e. The van der Waals surface area contributed by atoms with Gasteiger partial charge in [-0.25, -0.2) is 4.98 Å². The molecule has 1 amide bonds. The molecular weight excluding hydrogens is 442 g/mol. The number of thioether (sulfide) groups is 1. The normalized spacial score (nSPS) is 10.8. The maximum Gasteiger partial charge on any atom is 0.239 e. The molecule has 32 heavy (non-hydrogen) atoms. The number of thiazole rings is 1. The molecule has 0 atom stereocenters.